The molecule has 3 rings (SSSR count). The molecule has 7 nitrogen and oxygen atoms in total. The molecule has 0 unspecified atom stereocenters. The number of rotatable bonds is 3. The fourth-order valence-corrected chi connectivity index (χ4v) is 3.72. The lowest BCUT2D eigenvalue weighted by Crippen LogP contribution is -2.46. The van der Waals surface area contributed by atoms with Gasteiger partial charge in [-0.15, -0.1) is 4.68 Å². The molecule has 134 valence electrons. The molecular weight excluding hydrogens is 365 g/mol. The number of aromatic nitrogens is 4. The number of hydrogen-bond acceptors (Lipinski definition) is 4. The van der Waals surface area contributed by atoms with E-state index in [1.807, 2.05) is 6.92 Å². The van der Waals surface area contributed by atoms with E-state index in [-0.39, 0.29) is 11.1 Å². The van der Waals surface area contributed by atoms with Gasteiger partial charge in [-0.2, -0.15) is 4.68 Å². The Bertz CT molecular complexity index is 826. The zero-order valence-corrected chi connectivity index (χ0v) is 15.4. The molecule has 1 fully saturated rings. The standard InChI is InChI=1S/C16H19Cl2N5O2/c1-2-21(12-6-4-3-5-7-12)15(24)23-16(25)22(19-20-23)14-9-8-11(17)10-13(14)18/h8-10,12H,2-7H2,1H3. The Labute approximate surface area is 155 Å². The van der Waals surface area contributed by atoms with Gasteiger partial charge < -0.3 is 4.90 Å². The van der Waals surface area contributed by atoms with Crippen molar-refractivity contribution in [2.75, 3.05) is 6.54 Å². The second kappa shape index (κ2) is 7.58. The molecule has 0 bridgehead atoms. The Balaban J connectivity index is 1.91. The van der Waals surface area contributed by atoms with Gasteiger partial charge in [0, 0.05) is 17.6 Å². The molecule has 0 spiro atoms. The monoisotopic (exact) mass is 383 g/mol. The number of hydrogen-bond donors (Lipinski definition) is 0. The smallest absolute Gasteiger partial charge is 0.320 e. The highest BCUT2D eigenvalue weighted by atomic mass is 35.5. The molecule has 0 N–H and O–H groups in total. The van der Waals surface area contributed by atoms with Crippen molar-refractivity contribution in [1.29, 1.82) is 0 Å². The van der Waals surface area contributed by atoms with Crippen LogP contribution in [0.5, 0.6) is 0 Å². The van der Waals surface area contributed by atoms with Gasteiger partial charge in [0.1, 0.15) is 0 Å². The SMILES string of the molecule is CCN(C(=O)n1nnn(-c2ccc(Cl)cc2Cl)c1=O)C1CCCCC1. The van der Waals surface area contributed by atoms with Crippen LogP contribution in [0.25, 0.3) is 5.69 Å². The van der Waals surface area contributed by atoms with E-state index in [4.69, 9.17) is 23.2 Å². The zero-order valence-electron chi connectivity index (χ0n) is 13.9. The lowest BCUT2D eigenvalue weighted by atomic mass is 9.94. The van der Waals surface area contributed by atoms with Crippen molar-refractivity contribution < 1.29 is 4.79 Å². The lowest BCUT2D eigenvalue weighted by Gasteiger charge is -2.32. The molecule has 1 aliphatic carbocycles. The Morgan fingerprint density at radius 1 is 1.24 bits per heavy atom. The van der Waals surface area contributed by atoms with E-state index in [2.05, 4.69) is 10.4 Å². The first-order valence-corrected chi connectivity index (χ1v) is 9.10. The molecule has 1 aromatic carbocycles. The summed E-state index contributed by atoms with van der Waals surface area (Å²) in [4.78, 5) is 27.1. The molecule has 0 atom stereocenters. The van der Waals surface area contributed by atoms with Crippen molar-refractivity contribution >= 4 is 29.2 Å². The van der Waals surface area contributed by atoms with Crippen LogP contribution in [0, 0.1) is 0 Å². The van der Waals surface area contributed by atoms with E-state index in [9.17, 15) is 9.59 Å². The maximum absolute atomic E-state index is 12.8. The summed E-state index contributed by atoms with van der Waals surface area (Å²) in [5, 5.41) is 8.26. The molecule has 9 heteroatoms. The summed E-state index contributed by atoms with van der Waals surface area (Å²) in [6.45, 7) is 2.42. The van der Waals surface area contributed by atoms with Gasteiger partial charge in [-0.3, -0.25) is 0 Å². The molecule has 1 aromatic heterocycles. The number of carbonyl (C=O) groups excluding carboxylic acids is 1. The number of carbonyl (C=O) groups is 1. The van der Waals surface area contributed by atoms with Crippen LogP contribution in [0.3, 0.4) is 0 Å². The van der Waals surface area contributed by atoms with Gasteiger partial charge in [0.05, 0.1) is 10.7 Å². The zero-order chi connectivity index (χ0) is 18.0. The highest BCUT2D eigenvalue weighted by molar-refractivity contribution is 6.35. The van der Waals surface area contributed by atoms with Gasteiger partial charge in [-0.1, -0.05) is 42.5 Å². The minimum absolute atomic E-state index is 0.141. The number of tetrazole rings is 1. The molecule has 0 saturated heterocycles. The van der Waals surface area contributed by atoms with Gasteiger partial charge in [0.25, 0.3) is 0 Å². The second-order valence-corrected chi connectivity index (χ2v) is 6.88. The first-order chi connectivity index (χ1) is 12.0. The number of halogens is 2. The van der Waals surface area contributed by atoms with Crippen LogP contribution in [0.2, 0.25) is 10.0 Å². The van der Waals surface area contributed by atoms with Crippen LogP contribution in [0.4, 0.5) is 4.79 Å². The normalized spacial score (nSPS) is 15.3. The second-order valence-electron chi connectivity index (χ2n) is 6.04. The van der Waals surface area contributed by atoms with Crippen LogP contribution >= 0.6 is 23.2 Å². The average molecular weight is 384 g/mol. The minimum Gasteiger partial charge on any atom is -0.320 e. The quantitative estimate of drug-likeness (QED) is 0.761. The van der Waals surface area contributed by atoms with E-state index in [0.717, 1.165) is 35.0 Å². The predicted octanol–water partition coefficient (Wildman–Crippen LogP) is 3.36. The van der Waals surface area contributed by atoms with Crippen molar-refractivity contribution in [3.63, 3.8) is 0 Å². The summed E-state index contributed by atoms with van der Waals surface area (Å²) in [6.07, 6.45) is 5.28. The molecule has 0 aliphatic heterocycles. The van der Waals surface area contributed by atoms with Gasteiger partial charge in [-0.25, -0.2) is 9.59 Å². The summed E-state index contributed by atoms with van der Waals surface area (Å²) >= 11 is 12.0. The van der Waals surface area contributed by atoms with Gasteiger partial charge in [0.2, 0.25) is 0 Å². The van der Waals surface area contributed by atoms with Crippen LogP contribution < -0.4 is 5.69 Å². The highest BCUT2D eigenvalue weighted by Crippen LogP contribution is 2.24. The molecule has 1 heterocycles. The Hall–Kier alpha value is -1.86. The molecule has 1 amide bonds. The van der Waals surface area contributed by atoms with E-state index >= 15 is 0 Å². The molecule has 25 heavy (non-hydrogen) atoms. The Morgan fingerprint density at radius 3 is 2.60 bits per heavy atom. The van der Waals surface area contributed by atoms with Gasteiger partial charge >= 0.3 is 11.7 Å². The Kier molecular flexibility index (Phi) is 5.44. The van der Waals surface area contributed by atoms with Gasteiger partial charge in [-0.05, 0) is 48.4 Å². The topological polar surface area (TPSA) is 73.0 Å². The van der Waals surface area contributed by atoms with Crippen molar-refractivity contribution in [3.8, 4) is 5.69 Å². The fourth-order valence-electron chi connectivity index (χ4n) is 3.23. The number of amides is 1. The number of nitrogens with zero attached hydrogens (tertiary/aromatic N) is 5. The molecular formula is C16H19Cl2N5O2. The average Bonchev–Trinajstić information content (AvgIpc) is 2.98. The largest absolute Gasteiger partial charge is 0.377 e. The van der Waals surface area contributed by atoms with E-state index in [1.54, 1.807) is 17.0 Å². The first kappa shape index (κ1) is 17.9. The van der Waals surface area contributed by atoms with E-state index in [0.29, 0.717) is 17.3 Å². The molecule has 1 saturated carbocycles. The highest BCUT2D eigenvalue weighted by Gasteiger charge is 2.28. The summed E-state index contributed by atoms with van der Waals surface area (Å²) in [7, 11) is 0. The summed E-state index contributed by atoms with van der Waals surface area (Å²) < 4.78 is 1.80. The van der Waals surface area contributed by atoms with Crippen molar-refractivity contribution in [2.45, 2.75) is 45.1 Å². The van der Waals surface area contributed by atoms with Crippen molar-refractivity contribution in [2.24, 2.45) is 0 Å². The van der Waals surface area contributed by atoms with E-state index in [1.165, 1.54) is 12.5 Å². The van der Waals surface area contributed by atoms with Gasteiger partial charge in [0.15, 0.2) is 0 Å². The van der Waals surface area contributed by atoms with Crippen LogP contribution in [-0.2, 0) is 0 Å². The van der Waals surface area contributed by atoms with E-state index < -0.39 is 11.7 Å². The lowest BCUT2D eigenvalue weighted by molar-refractivity contribution is 0.157. The number of benzene rings is 1. The molecule has 0 radical (unpaired) electrons. The predicted molar refractivity (Wildman–Crippen MR) is 95.7 cm³/mol. The first-order valence-electron chi connectivity index (χ1n) is 8.34. The maximum atomic E-state index is 12.8. The van der Waals surface area contributed by atoms with Crippen LogP contribution in [-0.4, -0.2) is 43.3 Å². The fraction of sp³-hybridized carbons (Fsp3) is 0.500. The third-order valence-electron chi connectivity index (χ3n) is 4.50. The third kappa shape index (κ3) is 3.57. The third-order valence-corrected chi connectivity index (χ3v) is 5.04. The molecule has 2 aromatic rings. The maximum Gasteiger partial charge on any atom is 0.377 e. The molecule has 1 aliphatic rings. The summed E-state index contributed by atoms with van der Waals surface area (Å²) in [5.41, 5.74) is -0.320. The Morgan fingerprint density at radius 2 is 1.96 bits per heavy atom. The minimum atomic E-state index is -0.650. The summed E-state index contributed by atoms with van der Waals surface area (Å²) in [5.74, 6) is 0. The van der Waals surface area contributed by atoms with Crippen molar-refractivity contribution in [3.05, 3.63) is 38.7 Å². The van der Waals surface area contributed by atoms with Crippen LogP contribution in [0.1, 0.15) is 39.0 Å². The summed E-state index contributed by atoms with van der Waals surface area (Å²) in [6, 6.07) is 4.36. The van der Waals surface area contributed by atoms with Crippen LogP contribution in [0.15, 0.2) is 23.0 Å². The van der Waals surface area contributed by atoms with Crippen molar-refractivity contribution in [1.82, 2.24) is 24.7 Å².